The Kier molecular flexibility index (Phi) is 6.04. The third-order valence-electron chi connectivity index (χ3n) is 5.96. The highest BCUT2D eigenvalue weighted by molar-refractivity contribution is 5.98. The monoisotopic (exact) mass is 499 g/mol. The first kappa shape index (κ1) is 24.6. The first-order valence-corrected chi connectivity index (χ1v) is 10.5. The van der Waals surface area contributed by atoms with Crippen LogP contribution in [-0.2, 0) is 6.18 Å². The minimum Gasteiger partial charge on any atom is -0.477 e. The number of nitrogens with one attached hydrogen (secondary N) is 1. The van der Waals surface area contributed by atoms with E-state index in [9.17, 15) is 36.6 Å². The predicted molar refractivity (Wildman–Crippen MR) is 116 cm³/mol. The highest BCUT2D eigenvalue weighted by Crippen LogP contribution is 2.45. The summed E-state index contributed by atoms with van der Waals surface area (Å²) in [6, 6.07) is 1.70. The van der Waals surface area contributed by atoms with E-state index in [1.54, 1.807) is 6.92 Å². The Morgan fingerprint density at radius 1 is 1.20 bits per heavy atom. The molecule has 1 saturated heterocycles. The Balaban J connectivity index is 2.27. The summed E-state index contributed by atoms with van der Waals surface area (Å²) < 4.78 is 88.2. The number of benzene rings is 2. The maximum absolute atomic E-state index is 15.6. The number of nitrogens with zero attached hydrogens (tertiary/aromatic N) is 2. The zero-order chi connectivity index (χ0) is 25.8. The molecule has 0 bridgehead atoms. The fourth-order valence-electron chi connectivity index (χ4n) is 4.44. The van der Waals surface area contributed by atoms with Gasteiger partial charge in [-0.25, -0.2) is 18.0 Å². The zero-order valence-electron chi connectivity index (χ0n) is 18.4. The molecule has 186 valence electrons. The molecule has 1 atom stereocenters. The summed E-state index contributed by atoms with van der Waals surface area (Å²) in [7, 11) is 0. The molecule has 1 fully saturated rings. The van der Waals surface area contributed by atoms with E-state index in [2.05, 4.69) is 5.32 Å². The van der Waals surface area contributed by atoms with Gasteiger partial charge in [0.15, 0.2) is 5.82 Å². The number of aryl methyl sites for hydroxylation is 1. The van der Waals surface area contributed by atoms with Crippen molar-refractivity contribution in [2.24, 2.45) is 0 Å². The number of rotatable bonds is 3. The smallest absolute Gasteiger partial charge is 0.420 e. The number of hydrogen-bond acceptors (Lipinski definition) is 4. The number of fused-ring (bicyclic) bond motifs is 1. The lowest BCUT2D eigenvalue weighted by atomic mass is 9.97. The molecule has 0 aliphatic carbocycles. The Morgan fingerprint density at radius 3 is 2.46 bits per heavy atom. The van der Waals surface area contributed by atoms with Gasteiger partial charge in [0.05, 0.1) is 22.3 Å². The molecule has 4 rings (SSSR count). The van der Waals surface area contributed by atoms with Crippen LogP contribution in [0.1, 0.15) is 28.4 Å². The van der Waals surface area contributed by atoms with E-state index in [0.717, 1.165) is 19.1 Å². The minimum atomic E-state index is -5.23. The fraction of sp³-hybridized carbons (Fsp3) is 0.304. The van der Waals surface area contributed by atoms with Crippen LogP contribution in [0.25, 0.3) is 16.6 Å². The van der Waals surface area contributed by atoms with E-state index in [-0.39, 0.29) is 25.7 Å². The molecule has 2 N–H and O–H groups in total. The van der Waals surface area contributed by atoms with Gasteiger partial charge in [-0.3, -0.25) is 4.79 Å². The number of halogens is 6. The van der Waals surface area contributed by atoms with Crippen LogP contribution in [0.15, 0.2) is 29.2 Å². The number of carboxylic acids is 1. The first-order valence-electron chi connectivity index (χ1n) is 10.5. The molecule has 1 aliphatic heterocycles. The summed E-state index contributed by atoms with van der Waals surface area (Å²) in [5.74, 6) is -5.46. The Bertz CT molecular complexity index is 1420. The van der Waals surface area contributed by atoms with E-state index in [1.807, 2.05) is 0 Å². The highest BCUT2D eigenvalue weighted by atomic mass is 19.4. The average molecular weight is 499 g/mol. The number of carbonyl (C=O) groups is 1. The molecule has 35 heavy (non-hydrogen) atoms. The van der Waals surface area contributed by atoms with Crippen LogP contribution in [0.5, 0.6) is 0 Å². The van der Waals surface area contributed by atoms with E-state index in [4.69, 9.17) is 0 Å². The van der Waals surface area contributed by atoms with Crippen molar-refractivity contribution in [2.45, 2.75) is 26.1 Å². The number of carboxylic acid groups (broad SMARTS) is 1. The van der Waals surface area contributed by atoms with Gasteiger partial charge in [-0.05, 0) is 26.0 Å². The second kappa shape index (κ2) is 8.59. The minimum absolute atomic E-state index is 0.00724. The second-order valence-electron chi connectivity index (χ2n) is 8.33. The Morgan fingerprint density at radius 2 is 1.89 bits per heavy atom. The number of aromatic carboxylic acids is 1. The predicted octanol–water partition coefficient (Wildman–Crippen LogP) is 4.23. The lowest BCUT2D eigenvalue weighted by Gasteiger charge is -2.36. The van der Waals surface area contributed by atoms with Gasteiger partial charge in [-0.2, -0.15) is 13.2 Å². The standard InChI is InChI=1S/C23H19F6N3O3/c1-10-8-31(6-5-30-10)20-17(23(27,28)29)19-16(11(2)18(20)26)21(33)13(22(34)35)9-32(19)15-4-3-12(24)7-14(15)25/h3-4,7,9-10,30H,5-6,8H2,1-2H3,(H,34,35). The Labute approximate surface area is 194 Å². The van der Waals surface area contributed by atoms with Crippen LogP contribution in [0.4, 0.5) is 32.0 Å². The molecule has 3 aromatic rings. The number of alkyl halides is 3. The van der Waals surface area contributed by atoms with Crippen LogP contribution in [0.3, 0.4) is 0 Å². The Hall–Kier alpha value is -3.54. The second-order valence-corrected chi connectivity index (χ2v) is 8.33. The number of aromatic nitrogens is 1. The van der Waals surface area contributed by atoms with Crippen LogP contribution in [0, 0.1) is 24.4 Å². The number of hydrogen-bond donors (Lipinski definition) is 2. The summed E-state index contributed by atoms with van der Waals surface area (Å²) in [6.07, 6.45) is -4.69. The molecule has 0 spiro atoms. The number of piperazine rings is 1. The van der Waals surface area contributed by atoms with Crippen molar-refractivity contribution < 1.29 is 36.2 Å². The third-order valence-corrected chi connectivity index (χ3v) is 5.96. The van der Waals surface area contributed by atoms with Crippen LogP contribution >= 0.6 is 0 Å². The summed E-state index contributed by atoms with van der Waals surface area (Å²) in [5, 5.41) is 11.7. The lowest BCUT2D eigenvalue weighted by molar-refractivity contribution is -0.136. The molecule has 1 unspecified atom stereocenters. The highest BCUT2D eigenvalue weighted by Gasteiger charge is 2.42. The van der Waals surface area contributed by atoms with Gasteiger partial charge in [0.2, 0.25) is 5.43 Å². The number of anilines is 1. The molecule has 6 nitrogen and oxygen atoms in total. The normalized spacial score (nSPS) is 16.7. The topological polar surface area (TPSA) is 74.6 Å². The average Bonchev–Trinajstić information content (AvgIpc) is 2.75. The van der Waals surface area contributed by atoms with Crippen molar-refractivity contribution in [3.63, 3.8) is 0 Å². The quantitative estimate of drug-likeness (QED) is 0.528. The summed E-state index contributed by atoms with van der Waals surface area (Å²) in [4.78, 5) is 25.9. The van der Waals surface area contributed by atoms with Gasteiger partial charge < -0.3 is 19.9 Å². The van der Waals surface area contributed by atoms with Crippen molar-refractivity contribution in [3.8, 4) is 5.69 Å². The SMILES string of the molecule is Cc1c(F)c(N2CCNC(C)C2)c(C(F)(F)F)c2c1c(=O)c(C(=O)O)cn2-c1ccc(F)cc1F. The molecule has 0 radical (unpaired) electrons. The lowest BCUT2D eigenvalue weighted by Crippen LogP contribution is -2.50. The van der Waals surface area contributed by atoms with Crippen LogP contribution in [-0.4, -0.2) is 41.3 Å². The molecule has 12 heteroatoms. The summed E-state index contributed by atoms with van der Waals surface area (Å²) in [5.41, 5.74) is -6.81. The maximum atomic E-state index is 15.6. The van der Waals surface area contributed by atoms with Gasteiger partial charge in [-0.1, -0.05) is 0 Å². The molecule has 2 heterocycles. The van der Waals surface area contributed by atoms with E-state index in [0.29, 0.717) is 16.8 Å². The summed E-state index contributed by atoms with van der Waals surface area (Å²) in [6.45, 7) is 3.04. The maximum Gasteiger partial charge on any atom is 0.420 e. The van der Waals surface area contributed by atoms with Gasteiger partial charge in [0, 0.05) is 43.5 Å². The van der Waals surface area contributed by atoms with E-state index >= 15 is 4.39 Å². The van der Waals surface area contributed by atoms with Gasteiger partial charge >= 0.3 is 12.1 Å². The molecular formula is C23H19F6N3O3. The van der Waals surface area contributed by atoms with Crippen molar-refractivity contribution in [1.82, 2.24) is 9.88 Å². The summed E-state index contributed by atoms with van der Waals surface area (Å²) >= 11 is 0. The molecular weight excluding hydrogens is 480 g/mol. The molecule has 1 aliphatic rings. The molecule has 2 aromatic carbocycles. The van der Waals surface area contributed by atoms with Gasteiger partial charge in [0.25, 0.3) is 0 Å². The van der Waals surface area contributed by atoms with Crippen LogP contribution < -0.4 is 15.6 Å². The fourth-order valence-corrected chi connectivity index (χ4v) is 4.44. The molecule has 1 aromatic heterocycles. The first-order chi connectivity index (χ1) is 16.3. The van der Waals surface area contributed by atoms with Crippen LogP contribution in [0.2, 0.25) is 0 Å². The largest absolute Gasteiger partial charge is 0.477 e. The van der Waals surface area contributed by atoms with Crippen molar-refractivity contribution >= 4 is 22.6 Å². The molecule has 0 amide bonds. The van der Waals surface area contributed by atoms with Gasteiger partial charge in [-0.15, -0.1) is 0 Å². The van der Waals surface area contributed by atoms with Crippen molar-refractivity contribution in [2.75, 3.05) is 24.5 Å². The van der Waals surface area contributed by atoms with Crippen molar-refractivity contribution in [3.05, 3.63) is 68.8 Å². The zero-order valence-corrected chi connectivity index (χ0v) is 18.4. The van der Waals surface area contributed by atoms with E-state index in [1.165, 1.54) is 4.90 Å². The number of pyridine rings is 1. The molecule has 0 saturated carbocycles. The third kappa shape index (κ3) is 4.11. The van der Waals surface area contributed by atoms with Crippen molar-refractivity contribution in [1.29, 1.82) is 0 Å². The van der Waals surface area contributed by atoms with Gasteiger partial charge in [0.1, 0.15) is 22.8 Å². The van der Waals surface area contributed by atoms with E-state index < -0.39 is 74.0 Å².